The molecule has 1 aliphatic rings. The van der Waals surface area contributed by atoms with E-state index in [0.717, 1.165) is 36.5 Å². The van der Waals surface area contributed by atoms with E-state index in [9.17, 15) is 0 Å². The topological polar surface area (TPSA) is 74.7 Å². The fraction of sp³-hybridized carbons (Fsp3) is 0.500. The Hall–Kier alpha value is -2.19. The first-order valence-corrected chi connectivity index (χ1v) is 9.63. The van der Waals surface area contributed by atoms with Crippen LogP contribution in [0.1, 0.15) is 22.4 Å². The number of anilines is 1. The predicted octanol–water partition coefficient (Wildman–Crippen LogP) is 1.94. The Kier molecular flexibility index (Phi) is 6.40. The molecule has 2 aromatic rings. The summed E-state index contributed by atoms with van der Waals surface area (Å²) in [6.45, 7) is 8.02. The van der Waals surface area contributed by atoms with Crippen molar-refractivity contribution in [1.82, 2.24) is 20.6 Å². The summed E-state index contributed by atoms with van der Waals surface area (Å²) in [4.78, 5) is 16.6. The zero-order chi connectivity index (χ0) is 18.4. The minimum Gasteiger partial charge on any atom is -0.375 e. The Morgan fingerprint density at radius 3 is 2.96 bits per heavy atom. The highest BCUT2D eigenvalue weighted by Crippen LogP contribution is 2.16. The zero-order valence-corrected chi connectivity index (χ0v) is 16.3. The van der Waals surface area contributed by atoms with E-state index in [1.807, 2.05) is 18.5 Å². The number of ether oxygens (including phenoxy) is 1. The lowest BCUT2D eigenvalue weighted by Crippen LogP contribution is -2.41. The first kappa shape index (κ1) is 18.6. The molecule has 8 heteroatoms. The summed E-state index contributed by atoms with van der Waals surface area (Å²) in [7, 11) is 1.77. The van der Waals surface area contributed by atoms with Crippen molar-refractivity contribution in [1.29, 1.82) is 0 Å². The maximum atomic E-state index is 5.61. The molecule has 2 aromatic heterocycles. The Morgan fingerprint density at radius 1 is 1.38 bits per heavy atom. The van der Waals surface area contributed by atoms with Gasteiger partial charge in [0.1, 0.15) is 10.8 Å². The summed E-state index contributed by atoms with van der Waals surface area (Å²) in [5.74, 6) is 1.76. The highest BCUT2D eigenvalue weighted by atomic mass is 32.1. The smallest absolute Gasteiger partial charge is 0.191 e. The maximum absolute atomic E-state index is 5.61. The van der Waals surface area contributed by atoms with Gasteiger partial charge in [0, 0.05) is 44.0 Å². The van der Waals surface area contributed by atoms with Crippen LogP contribution in [0.4, 0.5) is 5.82 Å². The van der Waals surface area contributed by atoms with E-state index in [-0.39, 0.29) is 6.10 Å². The number of aliphatic imine (C=N–C) groups is 1. The fourth-order valence-corrected chi connectivity index (χ4v) is 3.55. The molecule has 26 heavy (non-hydrogen) atoms. The number of thiazole rings is 1. The Morgan fingerprint density at radius 2 is 2.23 bits per heavy atom. The third-order valence-corrected chi connectivity index (χ3v) is 5.05. The SMILES string of the molecule is CN=C(NCc1ccnc(N2CCOC(C)C2)c1)NCc1ncc(C)s1. The highest BCUT2D eigenvalue weighted by molar-refractivity contribution is 7.11. The van der Waals surface area contributed by atoms with Crippen LogP contribution >= 0.6 is 11.3 Å². The summed E-state index contributed by atoms with van der Waals surface area (Å²) >= 11 is 1.69. The van der Waals surface area contributed by atoms with Gasteiger partial charge in [-0.25, -0.2) is 9.97 Å². The van der Waals surface area contributed by atoms with Gasteiger partial charge >= 0.3 is 0 Å². The van der Waals surface area contributed by atoms with Gasteiger partial charge in [0.05, 0.1) is 19.3 Å². The molecule has 0 radical (unpaired) electrons. The second kappa shape index (κ2) is 8.95. The number of aromatic nitrogens is 2. The van der Waals surface area contributed by atoms with E-state index in [0.29, 0.717) is 13.1 Å². The molecule has 1 aliphatic heterocycles. The van der Waals surface area contributed by atoms with Crippen molar-refractivity contribution in [3.8, 4) is 0 Å². The number of pyridine rings is 1. The Labute approximate surface area is 158 Å². The van der Waals surface area contributed by atoms with Gasteiger partial charge in [0.25, 0.3) is 0 Å². The highest BCUT2D eigenvalue weighted by Gasteiger charge is 2.18. The molecule has 7 nitrogen and oxygen atoms in total. The van der Waals surface area contributed by atoms with Crippen LogP contribution in [-0.2, 0) is 17.8 Å². The second-order valence-electron chi connectivity index (χ2n) is 6.29. The van der Waals surface area contributed by atoms with Crippen molar-refractivity contribution >= 4 is 23.1 Å². The molecule has 3 rings (SSSR count). The zero-order valence-electron chi connectivity index (χ0n) is 15.5. The summed E-state index contributed by atoms with van der Waals surface area (Å²) < 4.78 is 5.61. The first-order valence-electron chi connectivity index (χ1n) is 8.81. The van der Waals surface area contributed by atoms with Crippen LogP contribution in [0.5, 0.6) is 0 Å². The Balaban J connectivity index is 1.53. The van der Waals surface area contributed by atoms with Crippen molar-refractivity contribution < 1.29 is 4.74 Å². The monoisotopic (exact) mass is 374 g/mol. The van der Waals surface area contributed by atoms with E-state index in [1.54, 1.807) is 18.4 Å². The van der Waals surface area contributed by atoms with Crippen LogP contribution in [0.2, 0.25) is 0 Å². The lowest BCUT2D eigenvalue weighted by atomic mass is 10.2. The third kappa shape index (κ3) is 5.15. The minimum absolute atomic E-state index is 0.241. The molecular weight excluding hydrogens is 348 g/mol. The van der Waals surface area contributed by atoms with Gasteiger partial charge in [0.2, 0.25) is 0 Å². The molecule has 0 spiro atoms. The number of guanidine groups is 1. The van der Waals surface area contributed by atoms with Gasteiger partial charge in [-0.05, 0) is 31.5 Å². The van der Waals surface area contributed by atoms with Gasteiger partial charge in [0.15, 0.2) is 5.96 Å². The number of nitrogens with one attached hydrogen (secondary N) is 2. The lowest BCUT2D eigenvalue weighted by Gasteiger charge is -2.32. The molecule has 0 amide bonds. The molecule has 140 valence electrons. The maximum Gasteiger partial charge on any atom is 0.191 e. The molecule has 1 fully saturated rings. The molecule has 3 heterocycles. The lowest BCUT2D eigenvalue weighted by molar-refractivity contribution is 0.0529. The molecule has 0 aromatic carbocycles. The number of morpholine rings is 1. The summed E-state index contributed by atoms with van der Waals surface area (Å²) in [6, 6.07) is 4.15. The van der Waals surface area contributed by atoms with Gasteiger partial charge in [-0.1, -0.05) is 0 Å². The van der Waals surface area contributed by atoms with Gasteiger partial charge < -0.3 is 20.3 Å². The predicted molar refractivity (Wildman–Crippen MR) is 106 cm³/mol. The summed E-state index contributed by atoms with van der Waals surface area (Å²) in [5, 5.41) is 7.70. The fourth-order valence-electron chi connectivity index (χ4n) is 2.82. The molecule has 1 atom stereocenters. The van der Waals surface area contributed by atoms with Crippen molar-refractivity contribution in [3.63, 3.8) is 0 Å². The molecule has 1 saturated heterocycles. The van der Waals surface area contributed by atoms with E-state index in [2.05, 4.69) is 50.4 Å². The standard InChI is InChI=1S/C18H26N6OS/c1-13-12-24(6-7-25-13)16-8-15(4-5-20-16)10-22-18(19-3)23-11-17-21-9-14(2)26-17/h4-5,8-9,13H,6-7,10-12H2,1-3H3,(H2,19,22,23). The summed E-state index contributed by atoms with van der Waals surface area (Å²) in [6.07, 6.45) is 3.99. The minimum atomic E-state index is 0.241. The number of nitrogens with zero attached hydrogens (tertiary/aromatic N) is 4. The normalized spacial score (nSPS) is 18.0. The molecule has 2 N–H and O–H groups in total. The van der Waals surface area contributed by atoms with Crippen LogP contribution in [0.15, 0.2) is 29.5 Å². The number of rotatable bonds is 5. The van der Waals surface area contributed by atoms with E-state index < -0.39 is 0 Å². The van der Waals surface area contributed by atoms with Crippen LogP contribution in [-0.4, -0.2) is 48.8 Å². The molecule has 0 saturated carbocycles. The summed E-state index contributed by atoms with van der Waals surface area (Å²) in [5.41, 5.74) is 1.17. The molecule has 0 bridgehead atoms. The largest absolute Gasteiger partial charge is 0.375 e. The molecule has 0 aliphatic carbocycles. The van der Waals surface area contributed by atoms with Crippen molar-refractivity contribution in [3.05, 3.63) is 40.0 Å². The van der Waals surface area contributed by atoms with Crippen LogP contribution < -0.4 is 15.5 Å². The third-order valence-electron chi connectivity index (χ3n) is 4.13. The first-order chi connectivity index (χ1) is 12.6. The van der Waals surface area contributed by atoms with Crippen molar-refractivity contribution in [2.45, 2.75) is 33.0 Å². The van der Waals surface area contributed by atoms with Crippen molar-refractivity contribution in [2.24, 2.45) is 4.99 Å². The molecule has 1 unspecified atom stereocenters. The average Bonchev–Trinajstić information content (AvgIpc) is 3.07. The van der Waals surface area contributed by atoms with Crippen LogP contribution in [0, 0.1) is 6.92 Å². The number of hydrogen-bond donors (Lipinski definition) is 2. The van der Waals surface area contributed by atoms with E-state index in [4.69, 9.17) is 4.74 Å². The van der Waals surface area contributed by atoms with Crippen molar-refractivity contribution in [2.75, 3.05) is 31.6 Å². The van der Waals surface area contributed by atoms with Gasteiger partial charge in [-0.2, -0.15) is 0 Å². The Bertz CT molecular complexity index is 747. The number of aryl methyl sites for hydroxylation is 1. The van der Waals surface area contributed by atoms with Crippen LogP contribution in [0.25, 0.3) is 0 Å². The van der Waals surface area contributed by atoms with E-state index in [1.165, 1.54) is 10.4 Å². The van der Waals surface area contributed by atoms with E-state index >= 15 is 0 Å². The van der Waals surface area contributed by atoms with Gasteiger partial charge in [-0.15, -0.1) is 11.3 Å². The number of hydrogen-bond acceptors (Lipinski definition) is 6. The quantitative estimate of drug-likeness (QED) is 0.615. The molecular formula is C18H26N6OS. The second-order valence-corrected chi connectivity index (χ2v) is 7.61. The van der Waals surface area contributed by atoms with Crippen LogP contribution in [0.3, 0.4) is 0 Å². The average molecular weight is 375 g/mol. The van der Waals surface area contributed by atoms with Gasteiger partial charge in [-0.3, -0.25) is 4.99 Å².